The van der Waals surface area contributed by atoms with Crippen LogP contribution in [-0.4, -0.2) is 38.3 Å². The van der Waals surface area contributed by atoms with Crippen LogP contribution in [0.2, 0.25) is 0 Å². The van der Waals surface area contributed by atoms with Crippen LogP contribution in [0.25, 0.3) is 0 Å². The van der Waals surface area contributed by atoms with Gasteiger partial charge in [0.15, 0.2) is 9.84 Å². The molecule has 1 aliphatic heterocycles. The van der Waals surface area contributed by atoms with Gasteiger partial charge in [0.25, 0.3) is 0 Å². The maximum atomic E-state index is 11.7. The van der Waals surface area contributed by atoms with E-state index in [1.54, 1.807) is 18.3 Å². The van der Waals surface area contributed by atoms with E-state index in [2.05, 4.69) is 18.8 Å². The molecule has 1 aromatic rings. The molecule has 1 saturated heterocycles. The first-order valence-corrected chi connectivity index (χ1v) is 7.82. The second kappa shape index (κ2) is 4.20. The number of nitrogens with two attached hydrogens (primary N) is 1. The molecule has 0 saturated carbocycles. The van der Waals surface area contributed by atoms with Gasteiger partial charge >= 0.3 is 0 Å². The van der Waals surface area contributed by atoms with Gasteiger partial charge in [-0.3, -0.25) is 0 Å². The Morgan fingerprint density at radius 3 is 2.56 bits per heavy atom. The van der Waals surface area contributed by atoms with Crippen LogP contribution in [0, 0.1) is 5.92 Å². The first kappa shape index (κ1) is 13.3. The molecule has 0 aromatic carbocycles. The normalized spacial score (nSPS) is 18.8. The summed E-state index contributed by atoms with van der Waals surface area (Å²) in [5.74, 6) is 0.876. The van der Waals surface area contributed by atoms with E-state index >= 15 is 0 Å². The van der Waals surface area contributed by atoms with Crippen molar-refractivity contribution in [2.75, 3.05) is 24.2 Å². The molecule has 18 heavy (non-hydrogen) atoms. The Morgan fingerprint density at radius 1 is 1.44 bits per heavy atom. The molecule has 0 unspecified atom stereocenters. The average Bonchev–Trinajstić information content (AvgIpc) is 2.23. The number of rotatable bonds is 3. The Hall–Kier alpha value is -1.14. The van der Waals surface area contributed by atoms with E-state index in [0.717, 1.165) is 0 Å². The van der Waals surface area contributed by atoms with Crippen molar-refractivity contribution in [3.05, 3.63) is 18.3 Å². The summed E-state index contributed by atoms with van der Waals surface area (Å²) in [7, 11) is -3.26. The molecule has 0 spiro atoms. The molecule has 0 aliphatic carbocycles. The maximum Gasteiger partial charge on any atom is 0.179 e. The lowest BCUT2D eigenvalue weighted by atomic mass is 9.80. The van der Waals surface area contributed by atoms with Gasteiger partial charge in [-0.2, -0.15) is 0 Å². The van der Waals surface area contributed by atoms with Gasteiger partial charge in [-0.25, -0.2) is 13.4 Å². The summed E-state index contributed by atoms with van der Waals surface area (Å²) in [4.78, 5) is 6.38. The predicted molar refractivity (Wildman–Crippen MR) is 71.3 cm³/mol. The largest absolute Gasteiger partial charge is 0.352 e. The minimum absolute atomic E-state index is 0.244. The van der Waals surface area contributed by atoms with E-state index in [-0.39, 0.29) is 10.4 Å². The summed E-state index contributed by atoms with van der Waals surface area (Å²) in [6.07, 6.45) is 2.81. The van der Waals surface area contributed by atoms with Crippen molar-refractivity contribution in [2.24, 2.45) is 11.7 Å². The molecular weight excluding hydrogens is 250 g/mol. The summed E-state index contributed by atoms with van der Waals surface area (Å²) < 4.78 is 23.4. The van der Waals surface area contributed by atoms with Crippen LogP contribution >= 0.6 is 0 Å². The van der Waals surface area contributed by atoms with Crippen LogP contribution < -0.4 is 10.6 Å². The lowest BCUT2D eigenvalue weighted by Gasteiger charge is -2.51. The van der Waals surface area contributed by atoms with Crippen LogP contribution in [0.4, 0.5) is 5.82 Å². The number of sulfone groups is 1. The van der Waals surface area contributed by atoms with E-state index in [1.165, 1.54) is 6.26 Å². The summed E-state index contributed by atoms with van der Waals surface area (Å²) >= 11 is 0. The van der Waals surface area contributed by atoms with Crippen molar-refractivity contribution in [3.63, 3.8) is 0 Å². The molecule has 0 radical (unpaired) electrons. The average molecular weight is 269 g/mol. The molecule has 0 atom stereocenters. The highest BCUT2D eigenvalue weighted by Gasteiger charge is 2.43. The van der Waals surface area contributed by atoms with Crippen molar-refractivity contribution < 1.29 is 8.42 Å². The maximum absolute atomic E-state index is 11.7. The molecule has 2 rings (SSSR count). The standard InChI is InChI=1S/C12H19N3O2S/c1-9(2)12(13)7-15(8-12)11-10(18(3,16)17)5-4-6-14-11/h4-6,9H,7-8,13H2,1-3H3. The van der Waals surface area contributed by atoms with Crippen LogP contribution in [0.3, 0.4) is 0 Å². The third kappa shape index (κ3) is 2.22. The number of hydrogen-bond acceptors (Lipinski definition) is 5. The second-order valence-corrected chi connectivity index (χ2v) is 7.33. The Bertz CT molecular complexity index is 548. The van der Waals surface area contributed by atoms with Gasteiger partial charge in [0, 0.05) is 25.5 Å². The molecule has 0 bridgehead atoms. The SMILES string of the molecule is CC(C)C1(N)CN(c2ncccc2S(C)(=O)=O)C1. The molecule has 2 N–H and O–H groups in total. The molecule has 100 valence electrons. The number of anilines is 1. The predicted octanol–water partition coefficient (Wildman–Crippen LogP) is 0.659. The van der Waals surface area contributed by atoms with Gasteiger partial charge in [-0.05, 0) is 18.1 Å². The molecule has 6 heteroatoms. The monoisotopic (exact) mass is 269 g/mol. The zero-order valence-corrected chi connectivity index (χ0v) is 11.7. The van der Waals surface area contributed by atoms with E-state index in [1.807, 2.05) is 4.90 Å². The highest BCUT2D eigenvalue weighted by atomic mass is 32.2. The lowest BCUT2D eigenvalue weighted by molar-refractivity contribution is 0.242. The third-order valence-corrected chi connectivity index (χ3v) is 4.69. The Morgan fingerprint density at radius 2 is 2.06 bits per heavy atom. The zero-order valence-electron chi connectivity index (χ0n) is 10.9. The van der Waals surface area contributed by atoms with Gasteiger partial charge < -0.3 is 10.6 Å². The van der Waals surface area contributed by atoms with E-state index in [4.69, 9.17) is 5.73 Å². The Labute approximate surface area is 108 Å². The summed E-state index contributed by atoms with van der Waals surface area (Å²) in [6, 6.07) is 3.22. The van der Waals surface area contributed by atoms with E-state index < -0.39 is 9.84 Å². The van der Waals surface area contributed by atoms with Gasteiger partial charge in [0.2, 0.25) is 0 Å². The fourth-order valence-corrected chi connectivity index (χ4v) is 2.93. The quantitative estimate of drug-likeness (QED) is 0.872. The van der Waals surface area contributed by atoms with Crippen molar-refractivity contribution in [3.8, 4) is 0 Å². The molecular formula is C12H19N3O2S. The lowest BCUT2D eigenvalue weighted by Crippen LogP contribution is -2.70. The summed E-state index contributed by atoms with van der Waals surface area (Å²) in [5.41, 5.74) is 5.97. The fraction of sp³-hybridized carbons (Fsp3) is 0.583. The first-order chi connectivity index (χ1) is 8.24. The van der Waals surface area contributed by atoms with Gasteiger partial charge in [-0.15, -0.1) is 0 Å². The Balaban J connectivity index is 2.28. The molecule has 5 nitrogen and oxygen atoms in total. The van der Waals surface area contributed by atoms with Crippen molar-refractivity contribution >= 4 is 15.7 Å². The van der Waals surface area contributed by atoms with Crippen LogP contribution in [0.1, 0.15) is 13.8 Å². The highest BCUT2D eigenvalue weighted by Crippen LogP contribution is 2.33. The fourth-order valence-electron chi connectivity index (χ4n) is 2.09. The van der Waals surface area contributed by atoms with Crippen molar-refractivity contribution in [1.29, 1.82) is 0 Å². The van der Waals surface area contributed by atoms with Crippen LogP contribution in [0.5, 0.6) is 0 Å². The number of nitrogens with zero attached hydrogens (tertiary/aromatic N) is 2. The highest BCUT2D eigenvalue weighted by molar-refractivity contribution is 7.90. The van der Waals surface area contributed by atoms with Gasteiger partial charge in [-0.1, -0.05) is 13.8 Å². The number of pyridine rings is 1. The first-order valence-electron chi connectivity index (χ1n) is 5.93. The summed E-state index contributed by atoms with van der Waals surface area (Å²) in [6.45, 7) is 5.44. The van der Waals surface area contributed by atoms with Crippen LogP contribution in [0.15, 0.2) is 23.2 Å². The molecule has 1 aliphatic rings. The topological polar surface area (TPSA) is 76.3 Å². The molecule has 0 amide bonds. The van der Waals surface area contributed by atoms with Crippen LogP contribution in [-0.2, 0) is 9.84 Å². The molecule has 1 fully saturated rings. The second-order valence-electron chi connectivity index (χ2n) is 5.34. The Kier molecular flexibility index (Phi) is 3.11. The molecule has 2 heterocycles. The zero-order chi connectivity index (χ0) is 13.6. The third-order valence-electron chi connectivity index (χ3n) is 3.57. The van der Waals surface area contributed by atoms with E-state index in [0.29, 0.717) is 24.8 Å². The number of hydrogen-bond donors (Lipinski definition) is 1. The van der Waals surface area contributed by atoms with Gasteiger partial charge in [0.1, 0.15) is 10.7 Å². The van der Waals surface area contributed by atoms with Crippen molar-refractivity contribution in [1.82, 2.24) is 4.98 Å². The molecule has 1 aromatic heterocycles. The minimum Gasteiger partial charge on any atom is -0.352 e. The number of aromatic nitrogens is 1. The smallest absolute Gasteiger partial charge is 0.179 e. The van der Waals surface area contributed by atoms with Crippen molar-refractivity contribution in [2.45, 2.75) is 24.3 Å². The van der Waals surface area contributed by atoms with Gasteiger partial charge in [0.05, 0.1) is 5.54 Å². The minimum atomic E-state index is -3.26. The van der Waals surface area contributed by atoms with E-state index in [9.17, 15) is 8.42 Å². The summed E-state index contributed by atoms with van der Waals surface area (Å²) in [5, 5.41) is 0.